The van der Waals surface area contributed by atoms with E-state index in [2.05, 4.69) is 15.4 Å². The van der Waals surface area contributed by atoms with Crippen molar-refractivity contribution in [1.82, 2.24) is 0 Å². The van der Waals surface area contributed by atoms with Crippen molar-refractivity contribution in [3.8, 4) is 0 Å². The smallest absolute Gasteiger partial charge is 0.265 e. The van der Waals surface area contributed by atoms with Crippen LogP contribution in [0.25, 0.3) is 0 Å². The first-order valence-electron chi connectivity index (χ1n) is 8.15. The molecule has 3 rings (SSSR count). The minimum atomic E-state index is -3.37. The first kappa shape index (κ1) is 19.6. The van der Waals surface area contributed by atoms with E-state index in [1.165, 1.54) is 11.3 Å². The van der Waals surface area contributed by atoms with Crippen molar-refractivity contribution in [3.63, 3.8) is 0 Å². The highest BCUT2D eigenvalue weighted by Crippen LogP contribution is 2.20. The molecule has 0 bridgehead atoms. The molecule has 2 aromatic carbocycles. The van der Waals surface area contributed by atoms with Crippen molar-refractivity contribution in [2.75, 3.05) is 21.6 Å². The highest BCUT2D eigenvalue weighted by molar-refractivity contribution is 7.92. The van der Waals surface area contributed by atoms with Crippen LogP contribution < -0.4 is 15.4 Å². The molecule has 2 amide bonds. The van der Waals surface area contributed by atoms with Gasteiger partial charge in [0.25, 0.3) is 11.8 Å². The molecule has 144 valence electrons. The molecule has 7 nitrogen and oxygen atoms in total. The molecular weight excluding hydrogens is 398 g/mol. The van der Waals surface area contributed by atoms with E-state index in [1.807, 2.05) is 0 Å². The summed E-state index contributed by atoms with van der Waals surface area (Å²) in [4.78, 5) is 25.5. The molecule has 0 aliphatic heterocycles. The van der Waals surface area contributed by atoms with E-state index < -0.39 is 15.9 Å². The van der Waals surface area contributed by atoms with Crippen molar-refractivity contribution >= 4 is 50.2 Å². The molecule has 0 saturated heterocycles. The molecule has 0 atom stereocenters. The van der Waals surface area contributed by atoms with E-state index in [9.17, 15) is 18.0 Å². The van der Waals surface area contributed by atoms with E-state index >= 15 is 0 Å². The standard InChI is InChI=1S/C19H17N3O4S2/c1-28(25,26)22-14-10-8-13(9-11-14)20-18(23)15-5-2-3-6-16(15)21-19(24)17-7-4-12-27-17/h2-12,22H,1H3,(H,20,23)(H,21,24). The van der Waals surface area contributed by atoms with Crippen molar-refractivity contribution in [3.05, 3.63) is 76.5 Å². The lowest BCUT2D eigenvalue weighted by Gasteiger charge is -2.11. The minimum Gasteiger partial charge on any atom is -0.322 e. The lowest BCUT2D eigenvalue weighted by Crippen LogP contribution is -2.17. The predicted molar refractivity (Wildman–Crippen MR) is 112 cm³/mol. The third kappa shape index (κ3) is 5.18. The molecule has 1 aromatic heterocycles. The van der Waals surface area contributed by atoms with Crippen LogP contribution >= 0.6 is 11.3 Å². The number of amides is 2. The number of carbonyl (C=O) groups excluding carboxylic acids is 2. The zero-order valence-electron chi connectivity index (χ0n) is 14.8. The Morgan fingerprint density at radius 3 is 2.14 bits per heavy atom. The number of nitrogens with one attached hydrogen (secondary N) is 3. The SMILES string of the molecule is CS(=O)(=O)Nc1ccc(NC(=O)c2ccccc2NC(=O)c2cccs2)cc1. The number of benzene rings is 2. The Balaban J connectivity index is 1.73. The van der Waals surface area contributed by atoms with Gasteiger partial charge in [0, 0.05) is 11.4 Å². The fourth-order valence-electron chi connectivity index (χ4n) is 2.42. The summed E-state index contributed by atoms with van der Waals surface area (Å²) in [6, 6.07) is 16.4. The Kier molecular flexibility index (Phi) is 5.76. The normalized spacial score (nSPS) is 10.9. The maximum Gasteiger partial charge on any atom is 0.265 e. The quantitative estimate of drug-likeness (QED) is 0.572. The molecule has 0 radical (unpaired) electrons. The minimum absolute atomic E-state index is 0.286. The second kappa shape index (κ2) is 8.24. The molecule has 1 heterocycles. The van der Waals surface area contributed by atoms with Gasteiger partial charge in [-0.1, -0.05) is 18.2 Å². The molecule has 0 aliphatic rings. The van der Waals surface area contributed by atoms with Crippen LogP contribution in [-0.2, 0) is 10.0 Å². The van der Waals surface area contributed by atoms with E-state index in [-0.39, 0.29) is 5.91 Å². The number of carbonyl (C=O) groups is 2. The third-order valence-corrected chi connectivity index (χ3v) is 5.09. The maximum atomic E-state index is 12.6. The van der Waals surface area contributed by atoms with Crippen LogP contribution in [0.3, 0.4) is 0 Å². The molecule has 3 N–H and O–H groups in total. The molecule has 0 unspecified atom stereocenters. The van der Waals surface area contributed by atoms with Gasteiger partial charge in [-0.3, -0.25) is 14.3 Å². The lowest BCUT2D eigenvalue weighted by molar-refractivity contribution is 0.102. The lowest BCUT2D eigenvalue weighted by atomic mass is 10.1. The third-order valence-electron chi connectivity index (χ3n) is 3.61. The van der Waals surface area contributed by atoms with Gasteiger partial charge in [0.15, 0.2) is 0 Å². The van der Waals surface area contributed by atoms with Crippen LogP contribution in [-0.4, -0.2) is 26.5 Å². The Morgan fingerprint density at radius 1 is 0.821 bits per heavy atom. The van der Waals surface area contributed by atoms with Gasteiger partial charge in [0.1, 0.15) is 0 Å². The van der Waals surface area contributed by atoms with Gasteiger partial charge in [0.05, 0.1) is 22.4 Å². The van der Waals surface area contributed by atoms with Gasteiger partial charge in [0.2, 0.25) is 10.0 Å². The van der Waals surface area contributed by atoms with Gasteiger partial charge in [-0.15, -0.1) is 11.3 Å². The Bertz CT molecular complexity index is 1090. The highest BCUT2D eigenvalue weighted by Gasteiger charge is 2.15. The molecule has 0 spiro atoms. The fourth-order valence-corrected chi connectivity index (χ4v) is 3.60. The average molecular weight is 415 g/mol. The van der Waals surface area contributed by atoms with E-state index in [4.69, 9.17) is 0 Å². The highest BCUT2D eigenvalue weighted by atomic mass is 32.2. The van der Waals surface area contributed by atoms with Gasteiger partial charge in [-0.25, -0.2) is 8.42 Å². The fraction of sp³-hybridized carbons (Fsp3) is 0.0526. The molecule has 3 aromatic rings. The van der Waals surface area contributed by atoms with Crippen molar-refractivity contribution in [1.29, 1.82) is 0 Å². The summed E-state index contributed by atoms with van der Waals surface area (Å²) < 4.78 is 24.8. The number of thiophene rings is 1. The molecule has 0 saturated carbocycles. The summed E-state index contributed by atoms with van der Waals surface area (Å²) in [5.41, 5.74) is 1.59. The van der Waals surface area contributed by atoms with Crippen LogP contribution in [0.4, 0.5) is 17.1 Å². The van der Waals surface area contributed by atoms with Crippen molar-refractivity contribution < 1.29 is 18.0 Å². The number of hydrogen-bond donors (Lipinski definition) is 3. The molecular formula is C19H17N3O4S2. The molecule has 9 heteroatoms. The van der Waals surface area contributed by atoms with Gasteiger partial charge in [-0.2, -0.15) is 0 Å². The maximum absolute atomic E-state index is 12.6. The van der Waals surface area contributed by atoms with Crippen LogP contribution in [0.1, 0.15) is 20.0 Å². The average Bonchev–Trinajstić information content (AvgIpc) is 3.17. The van der Waals surface area contributed by atoms with Crippen molar-refractivity contribution in [2.45, 2.75) is 0 Å². The van der Waals surface area contributed by atoms with E-state index in [0.29, 0.717) is 27.5 Å². The molecule has 28 heavy (non-hydrogen) atoms. The van der Waals surface area contributed by atoms with E-state index in [1.54, 1.807) is 66.0 Å². The Hall–Kier alpha value is -3.17. The van der Waals surface area contributed by atoms with Crippen LogP contribution in [0.15, 0.2) is 66.0 Å². The first-order chi connectivity index (χ1) is 13.3. The summed E-state index contributed by atoms with van der Waals surface area (Å²) in [7, 11) is -3.37. The topological polar surface area (TPSA) is 104 Å². The summed E-state index contributed by atoms with van der Waals surface area (Å²) in [6.07, 6.45) is 1.06. The van der Waals surface area contributed by atoms with Crippen LogP contribution in [0.5, 0.6) is 0 Å². The number of rotatable bonds is 6. The zero-order chi connectivity index (χ0) is 20.1. The summed E-state index contributed by atoms with van der Waals surface area (Å²) in [6.45, 7) is 0. The van der Waals surface area contributed by atoms with E-state index in [0.717, 1.165) is 6.26 Å². The molecule has 0 aliphatic carbocycles. The summed E-state index contributed by atoms with van der Waals surface area (Å²) >= 11 is 1.31. The largest absolute Gasteiger partial charge is 0.322 e. The van der Waals surface area contributed by atoms with Crippen LogP contribution in [0.2, 0.25) is 0 Å². The first-order valence-corrected chi connectivity index (χ1v) is 10.9. The van der Waals surface area contributed by atoms with Crippen LogP contribution in [0, 0.1) is 0 Å². The monoisotopic (exact) mass is 415 g/mol. The van der Waals surface area contributed by atoms with Crippen molar-refractivity contribution in [2.24, 2.45) is 0 Å². The zero-order valence-corrected chi connectivity index (χ0v) is 16.4. The number of anilines is 3. The summed E-state index contributed by atoms with van der Waals surface area (Å²) in [5, 5.41) is 7.28. The summed E-state index contributed by atoms with van der Waals surface area (Å²) in [5.74, 6) is -0.683. The Morgan fingerprint density at radius 2 is 1.50 bits per heavy atom. The second-order valence-electron chi connectivity index (χ2n) is 5.88. The Labute approximate surface area is 166 Å². The van der Waals surface area contributed by atoms with Gasteiger partial charge < -0.3 is 10.6 Å². The second-order valence-corrected chi connectivity index (χ2v) is 8.58. The molecule has 0 fully saturated rings. The number of para-hydroxylation sites is 1. The predicted octanol–water partition coefficient (Wildman–Crippen LogP) is 3.62. The number of hydrogen-bond acceptors (Lipinski definition) is 5. The van der Waals surface area contributed by atoms with Gasteiger partial charge >= 0.3 is 0 Å². The van der Waals surface area contributed by atoms with Gasteiger partial charge in [-0.05, 0) is 47.8 Å². The number of sulfonamides is 1.